The second kappa shape index (κ2) is 8.01. The van der Waals surface area contributed by atoms with Crippen LogP contribution in [0.5, 0.6) is 5.75 Å². The summed E-state index contributed by atoms with van der Waals surface area (Å²) in [6.45, 7) is 0.163. The highest BCUT2D eigenvalue weighted by Gasteiger charge is 2.13. The Morgan fingerprint density at radius 2 is 2.20 bits per heavy atom. The average Bonchev–Trinajstić information content (AvgIpc) is 2.36. The van der Waals surface area contributed by atoms with Crippen LogP contribution in [0.4, 0.5) is 8.78 Å². The Morgan fingerprint density at radius 1 is 1.50 bits per heavy atom. The lowest BCUT2D eigenvalue weighted by molar-refractivity contribution is -0.137. The van der Waals surface area contributed by atoms with E-state index in [-0.39, 0.29) is 12.2 Å². The topological polar surface area (TPSA) is 49.8 Å². The number of carboxylic acids is 1. The summed E-state index contributed by atoms with van der Waals surface area (Å²) >= 11 is 5.85. The van der Waals surface area contributed by atoms with E-state index in [4.69, 9.17) is 16.7 Å². The molecule has 0 spiro atoms. The molecule has 0 aromatic heterocycles. The maximum absolute atomic E-state index is 12.3. The number of ether oxygens (including phenoxy) is 1. The molecular formula is C13H16ClF2NO3. The van der Waals surface area contributed by atoms with Crippen molar-refractivity contribution >= 4 is 17.6 Å². The molecule has 0 amide bonds. The molecule has 0 radical (unpaired) electrons. The maximum Gasteiger partial charge on any atom is 0.387 e. The van der Waals surface area contributed by atoms with Gasteiger partial charge in [-0.25, -0.2) is 0 Å². The van der Waals surface area contributed by atoms with E-state index in [1.165, 1.54) is 12.1 Å². The largest absolute Gasteiger partial charge is 0.481 e. The molecule has 0 atom stereocenters. The molecule has 1 aromatic carbocycles. The van der Waals surface area contributed by atoms with Crippen molar-refractivity contribution in [3.05, 3.63) is 28.8 Å². The van der Waals surface area contributed by atoms with Gasteiger partial charge in [0.1, 0.15) is 5.75 Å². The minimum absolute atomic E-state index is 0.0144. The highest BCUT2D eigenvalue weighted by Crippen LogP contribution is 2.25. The number of hydrogen-bond donors (Lipinski definition) is 1. The Balaban J connectivity index is 2.81. The van der Waals surface area contributed by atoms with Crippen LogP contribution in [0.15, 0.2) is 18.2 Å². The first-order chi connectivity index (χ1) is 9.42. The van der Waals surface area contributed by atoms with E-state index >= 15 is 0 Å². The van der Waals surface area contributed by atoms with Gasteiger partial charge >= 0.3 is 12.6 Å². The molecule has 0 heterocycles. The van der Waals surface area contributed by atoms with Crippen LogP contribution in [-0.4, -0.2) is 35.7 Å². The quantitative estimate of drug-likeness (QED) is 0.801. The molecule has 112 valence electrons. The molecular weight excluding hydrogens is 292 g/mol. The molecule has 7 heteroatoms. The van der Waals surface area contributed by atoms with Gasteiger partial charge in [0.05, 0.1) is 6.42 Å². The Kier molecular flexibility index (Phi) is 6.67. The Morgan fingerprint density at radius 3 is 2.75 bits per heavy atom. The van der Waals surface area contributed by atoms with Gasteiger partial charge in [0, 0.05) is 23.7 Å². The molecule has 0 aliphatic carbocycles. The summed E-state index contributed by atoms with van der Waals surface area (Å²) in [6, 6.07) is 4.40. The summed E-state index contributed by atoms with van der Waals surface area (Å²) in [5, 5.41) is 9.08. The zero-order chi connectivity index (χ0) is 15.1. The van der Waals surface area contributed by atoms with Crippen LogP contribution in [0, 0.1) is 0 Å². The lowest BCUT2D eigenvalue weighted by Gasteiger charge is -2.21. The predicted octanol–water partition coefficient (Wildman–Crippen LogP) is 3.24. The van der Waals surface area contributed by atoms with Crippen LogP contribution in [0.25, 0.3) is 0 Å². The van der Waals surface area contributed by atoms with Crippen LogP contribution < -0.4 is 4.74 Å². The van der Waals surface area contributed by atoms with Crippen molar-refractivity contribution in [1.29, 1.82) is 0 Å². The monoisotopic (exact) mass is 307 g/mol. The van der Waals surface area contributed by atoms with E-state index in [2.05, 4.69) is 4.74 Å². The molecule has 20 heavy (non-hydrogen) atoms. The lowest BCUT2D eigenvalue weighted by Crippen LogP contribution is -2.26. The number of nitrogens with zero attached hydrogens (tertiary/aromatic N) is 1. The fourth-order valence-electron chi connectivity index (χ4n) is 1.73. The third-order valence-electron chi connectivity index (χ3n) is 2.72. The summed E-state index contributed by atoms with van der Waals surface area (Å²) in [5.41, 5.74) is 0.505. The van der Waals surface area contributed by atoms with Gasteiger partial charge in [-0.3, -0.25) is 9.69 Å². The molecule has 0 saturated heterocycles. The molecule has 0 saturated carbocycles. The van der Waals surface area contributed by atoms with Crippen molar-refractivity contribution in [3.63, 3.8) is 0 Å². The van der Waals surface area contributed by atoms with Gasteiger partial charge in [0.25, 0.3) is 0 Å². The molecule has 0 bridgehead atoms. The van der Waals surface area contributed by atoms with Crippen molar-refractivity contribution in [1.82, 2.24) is 4.90 Å². The molecule has 0 unspecified atom stereocenters. The van der Waals surface area contributed by atoms with E-state index < -0.39 is 12.6 Å². The minimum atomic E-state index is -2.91. The highest BCUT2D eigenvalue weighted by atomic mass is 35.5. The zero-order valence-corrected chi connectivity index (χ0v) is 11.7. The van der Waals surface area contributed by atoms with E-state index in [0.717, 1.165) is 0 Å². The molecule has 0 fully saturated rings. The molecule has 4 nitrogen and oxygen atoms in total. The summed E-state index contributed by atoms with van der Waals surface area (Å²) in [7, 11) is 0. The second-order valence-electron chi connectivity index (χ2n) is 4.14. The van der Waals surface area contributed by atoms with Gasteiger partial charge in [0.15, 0.2) is 0 Å². The molecule has 0 aliphatic heterocycles. The van der Waals surface area contributed by atoms with Gasteiger partial charge in [0.2, 0.25) is 0 Å². The highest BCUT2D eigenvalue weighted by molar-refractivity contribution is 6.30. The van der Waals surface area contributed by atoms with E-state index in [1.807, 2.05) is 11.8 Å². The number of halogens is 3. The number of hydrogen-bond acceptors (Lipinski definition) is 3. The van der Waals surface area contributed by atoms with E-state index in [9.17, 15) is 13.6 Å². The predicted molar refractivity (Wildman–Crippen MR) is 71.3 cm³/mol. The molecule has 1 aromatic rings. The van der Waals surface area contributed by atoms with Crippen molar-refractivity contribution in [2.45, 2.75) is 26.5 Å². The standard InChI is InChI=1S/C13H16ClF2NO3/c1-2-17(6-5-12(18)19)8-9-7-10(14)3-4-11(9)20-13(15)16/h3-4,7,13H,2,5-6,8H2,1H3,(H,18,19). The van der Waals surface area contributed by atoms with Crippen LogP contribution in [-0.2, 0) is 11.3 Å². The van der Waals surface area contributed by atoms with Crippen molar-refractivity contribution in [3.8, 4) is 5.75 Å². The average molecular weight is 308 g/mol. The summed E-state index contributed by atoms with van der Waals surface area (Å²) < 4.78 is 29.1. The number of carboxylic acid groups (broad SMARTS) is 1. The Bertz CT molecular complexity index is 457. The number of aliphatic carboxylic acids is 1. The summed E-state index contributed by atoms with van der Waals surface area (Å²) in [5.74, 6) is -0.850. The van der Waals surface area contributed by atoms with Crippen LogP contribution >= 0.6 is 11.6 Å². The molecule has 1 N–H and O–H groups in total. The first-order valence-electron chi connectivity index (χ1n) is 6.09. The van der Waals surface area contributed by atoms with Gasteiger partial charge in [-0.05, 0) is 24.7 Å². The van der Waals surface area contributed by atoms with Crippen LogP contribution in [0.2, 0.25) is 5.02 Å². The van der Waals surface area contributed by atoms with Crippen molar-refractivity contribution in [2.75, 3.05) is 13.1 Å². The number of carbonyl (C=O) groups is 1. The Labute approximate surface area is 120 Å². The van der Waals surface area contributed by atoms with Crippen LogP contribution in [0.1, 0.15) is 18.9 Å². The first-order valence-corrected chi connectivity index (χ1v) is 6.47. The fourth-order valence-corrected chi connectivity index (χ4v) is 1.92. The third-order valence-corrected chi connectivity index (χ3v) is 2.96. The van der Waals surface area contributed by atoms with Crippen LogP contribution in [0.3, 0.4) is 0 Å². The van der Waals surface area contributed by atoms with Gasteiger partial charge < -0.3 is 9.84 Å². The van der Waals surface area contributed by atoms with Gasteiger partial charge in [-0.1, -0.05) is 18.5 Å². The minimum Gasteiger partial charge on any atom is -0.481 e. The summed E-state index contributed by atoms with van der Waals surface area (Å²) in [6.07, 6.45) is -0.0144. The van der Waals surface area contributed by atoms with Crippen molar-refractivity contribution < 1.29 is 23.4 Å². The molecule has 1 rings (SSSR count). The van der Waals surface area contributed by atoms with Gasteiger partial charge in [-0.2, -0.15) is 8.78 Å². The smallest absolute Gasteiger partial charge is 0.387 e. The number of alkyl halides is 2. The fraction of sp³-hybridized carbons (Fsp3) is 0.462. The number of rotatable bonds is 8. The Hall–Kier alpha value is -1.40. The summed E-state index contributed by atoms with van der Waals surface area (Å²) in [4.78, 5) is 12.4. The molecule has 0 aliphatic rings. The number of benzene rings is 1. The third kappa shape index (κ3) is 5.71. The van der Waals surface area contributed by atoms with Crippen molar-refractivity contribution in [2.24, 2.45) is 0 Å². The normalized spacial score (nSPS) is 11.1. The van der Waals surface area contributed by atoms with Gasteiger partial charge in [-0.15, -0.1) is 0 Å². The first kappa shape index (κ1) is 16.7. The van der Waals surface area contributed by atoms with E-state index in [0.29, 0.717) is 30.2 Å². The lowest BCUT2D eigenvalue weighted by atomic mass is 10.2. The second-order valence-corrected chi connectivity index (χ2v) is 4.58. The maximum atomic E-state index is 12.3. The zero-order valence-electron chi connectivity index (χ0n) is 11.0. The SMILES string of the molecule is CCN(CCC(=O)O)Cc1cc(Cl)ccc1OC(F)F. The van der Waals surface area contributed by atoms with E-state index in [1.54, 1.807) is 6.07 Å².